The van der Waals surface area contributed by atoms with Gasteiger partial charge in [-0.15, -0.1) is 0 Å². The Morgan fingerprint density at radius 3 is 2.78 bits per heavy atom. The maximum atomic E-state index is 12.9. The van der Waals surface area contributed by atoms with Crippen molar-refractivity contribution in [1.29, 1.82) is 0 Å². The van der Waals surface area contributed by atoms with Gasteiger partial charge in [-0.3, -0.25) is 4.79 Å². The van der Waals surface area contributed by atoms with Gasteiger partial charge in [0.05, 0.1) is 0 Å². The Kier molecular flexibility index (Phi) is 3.05. The van der Waals surface area contributed by atoms with Gasteiger partial charge in [-0.1, -0.05) is 0 Å². The number of carbonyl (C=O) groups is 1. The number of sulfonamides is 1. The molecule has 0 saturated carbocycles. The summed E-state index contributed by atoms with van der Waals surface area (Å²) in [6.45, 7) is -0.756. The lowest BCUT2D eigenvalue weighted by atomic mass is 10.2. The number of carboxylic acids is 1. The van der Waals surface area contributed by atoms with E-state index in [4.69, 9.17) is 9.52 Å². The second-order valence-corrected chi connectivity index (χ2v) is 5.16. The van der Waals surface area contributed by atoms with Crippen molar-refractivity contribution in [2.45, 2.75) is 5.09 Å². The first kappa shape index (κ1) is 12.5. The molecule has 0 aliphatic heterocycles. The topological polar surface area (TPSA) is 96.6 Å². The first-order valence-corrected chi connectivity index (χ1v) is 6.27. The zero-order valence-corrected chi connectivity index (χ0v) is 9.70. The van der Waals surface area contributed by atoms with Crippen molar-refractivity contribution in [3.05, 3.63) is 30.1 Å². The van der Waals surface area contributed by atoms with Gasteiger partial charge in [0.25, 0.3) is 10.0 Å². The molecule has 0 bridgehead atoms. The summed E-state index contributed by atoms with van der Waals surface area (Å²) >= 11 is 0. The zero-order valence-electron chi connectivity index (χ0n) is 8.88. The number of halogens is 1. The average Bonchev–Trinajstić information content (AvgIpc) is 2.70. The van der Waals surface area contributed by atoms with Crippen LogP contribution in [0.3, 0.4) is 0 Å². The van der Waals surface area contributed by atoms with E-state index in [2.05, 4.69) is 0 Å². The van der Waals surface area contributed by atoms with Crippen LogP contribution in [0, 0.1) is 5.82 Å². The molecule has 0 unspecified atom stereocenters. The molecule has 2 aromatic rings. The summed E-state index contributed by atoms with van der Waals surface area (Å²) in [7, 11) is -4.05. The molecule has 2 N–H and O–H groups in total. The Balaban J connectivity index is 2.38. The maximum absolute atomic E-state index is 12.9. The Morgan fingerprint density at radius 2 is 2.11 bits per heavy atom. The number of nitrogens with one attached hydrogen (secondary N) is 1. The van der Waals surface area contributed by atoms with Crippen LogP contribution in [0.15, 0.2) is 33.8 Å². The Morgan fingerprint density at radius 1 is 1.39 bits per heavy atom. The van der Waals surface area contributed by atoms with E-state index in [9.17, 15) is 17.6 Å². The van der Waals surface area contributed by atoms with Crippen molar-refractivity contribution >= 4 is 27.0 Å². The number of furan rings is 1. The lowest BCUT2D eigenvalue weighted by molar-refractivity contribution is -0.135. The van der Waals surface area contributed by atoms with E-state index in [1.54, 1.807) is 0 Å². The van der Waals surface area contributed by atoms with E-state index >= 15 is 0 Å². The van der Waals surface area contributed by atoms with Crippen LogP contribution in [0.5, 0.6) is 0 Å². The van der Waals surface area contributed by atoms with Crippen LogP contribution in [0.4, 0.5) is 4.39 Å². The summed E-state index contributed by atoms with van der Waals surface area (Å²) in [5.41, 5.74) is 0.201. The molecule has 0 atom stereocenters. The highest BCUT2D eigenvalue weighted by Gasteiger charge is 2.20. The van der Waals surface area contributed by atoms with E-state index in [0.29, 0.717) is 0 Å². The lowest BCUT2D eigenvalue weighted by Gasteiger charge is -1.99. The Bertz CT molecular complexity index is 706. The first-order valence-electron chi connectivity index (χ1n) is 4.79. The minimum absolute atomic E-state index is 0.201. The van der Waals surface area contributed by atoms with Crippen LogP contribution < -0.4 is 4.72 Å². The predicted octanol–water partition coefficient (Wildman–Crippen LogP) is 0.935. The quantitative estimate of drug-likeness (QED) is 0.864. The average molecular weight is 273 g/mol. The number of rotatable bonds is 4. The smallest absolute Gasteiger partial charge is 0.318 e. The van der Waals surface area contributed by atoms with Gasteiger partial charge in [0.15, 0.2) is 0 Å². The van der Waals surface area contributed by atoms with Gasteiger partial charge in [0, 0.05) is 11.5 Å². The van der Waals surface area contributed by atoms with Gasteiger partial charge >= 0.3 is 5.97 Å². The molecule has 0 spiro atoms. The molecule has 1 heterocycles. The highest BCUT2D eigenvalue weighted by atomic mass is 32.2. The number of aliphatic carboxylic acids is 1. The van der Waals surface area contributed by atoms with Crippen molar-refractivity contribution in [1.82, 2.24) is 4.72 Å². The van der Waals surface area contributed by atoms with Crippen molar-refractivity contribution in [3.63, 3.8) is 0 Å². The first-order chi connectivity index (χ1) is 8.38. The molecular weight excluding hydrogens is 265 g/mol. The largest absolute Gasteiger partial charge is 0.480 e. The molecule has 1 aromatic heterocycles. The van der Waals surface area contributed by atoms with E-state index in [1.165, 1.54) is 6.07 Å². The van der Waals surface area contributed by atoms with Crippen molar-refractivity contribution in [2.24, 2.45) is 0 Å². The molecule has 2 rings (SSSR count). The van der Waals surface area contributed by atoms with Crippen molar-refractivity contribution in [3.8, 4) is 0 Å². The predicted molar refractivity (Wildman–Crippen MR) is 59.0 cm³/mol. The van der Waals surface area contributed by atoms with Gasteiger partial charge in [-0.05, 0) is 18.2 Å². The fourth-order valence-corrected chi connectivity index (χ4v) is 2.29. The molecule has 0 radical (unpaired) electrons. The number of carboxylic acid groups (broad SMARTS) is 1. The van der Waals surface area contributed by atoms with Gasteiger partial charge in [0.2, 0.25) is 5.09 Å². The van der Waals surface area contributed by atoms with E-state index in [0.717, 1.165) is 18.2 Å². The van der Waals surface area contributed by atoms with Crippen molar-refractivity contribution in [2.75, 3.05) is 6.54 Å². The van der Waals surface area contributed by atoms with Crippen LogP contribution in [-0.2, 0) is 14.8 Å². The molecule has 0 aliphatic carbocycles. The molecule has 18 heavy (non-hydrogen) atoms. The second kappa shape index (κ2) is 4.39. The molecule has 96 valence electrons. The van der Waals surface area contributed by atoms with Gasteiger partial charge in [-0.2, -0.15) is 4.72 Å². The monoisotopic (exact) mass is 273 g/mol. The van der Waals surface area contributed by atoms with Crippen LogP contribution in [0.1, 0.15) is 0 Å². The zero-order chi connectivity index (χ0) is 13.3. The van der Waals surface area contributed by atoms with Crippen LogP contribution in [0.25, 0.3) is 11.0 Å². The second-order valence-electron chi connectivity index (χ2n) is 3.47. The minimum atomic E-state index is -4.05. The fourth-order valence-electron chi connectivity index (χ4n) is 1.35. The summed E-state index contributed by atoms with van der Waals surface area (Å²) in [5, 5.41) is 8.22. The summed E-state index contributed by atoms with van der Waals surface area (Å²) in [6, 6.07) is 4.67. The molecule has 0 saturated heterocycles. The van der Waals surface area contributed by atoms with Crippen LogP contribution >= 0.6 is 0 Å². The third-order valence-corrected chi connectivity index (χ3v) is 3.39. The van der Waals surface area contributed by atoms with Gasteiger partial charge in [-0.25, -0.2) is 12.8 Å². The van der Waals surface area contributed by atoms with Crippen LogP contribution in [-0.4, -0.2) is 26.0 Å². The Hall–Kier alpha value is -1.93. The standard InChI is InChI=1S/C10H8FNO5S/c11-7-1-2-8-6(3-7)4-10(17-8)18(15,16)12-5-9(13)14/h1-4,12H,5H2,(H,13,14). The highest BCUT2D eigenvalue weighted by Crippen LogP contribution is 2.23. The fraction of sp³-hybridized carbons (Fsp3) is 0.100. The number of fused-ring (bicyclic) bond motifs is 1. The molecular formula is C10H8FNO5S. The van der Waals surface area contributed by atoms with Crippen molar-refractivity contribution < 1.29 is 27.1 Å². The summed E-state index contributed by atoms with van der Waals surface area (Å²) < 4.78 is 43.0. The lowest BCUT2D eigenvalue weighted by Crippen LogP contribution is -2.29. The highest BCUT2D eigenvalue weighted by molar-refractivity contribution is 7.89. The molecule has 0 aliphatic rings. The Labute approximate surface area is 101 Å². The maximum Gasteiger partial charge on any atom is 0.318 e. The third kappa shape index (κ3) is 2.49. The number of benzene rings is 1. The summed E-state index contributed by atoms with van der Waals surface area (Å²) in [5.74, 6) is -1.84. The number of hydrogen-bond acceptors (Lipinski definition) is 4. The van der Waals surface area contributed by atoms with E-state index in [1.807, 2.05) is 4.72 Å². The van der Waals surface area contributed by atoms with E-state index in [-0.39, 0.29) is 11.0 Å². The van der Waals surface area contributed by atoms with Gasteiger partial charge in [0.1, 0.15) is 17.9 Å². The van der Waals surface area contributed by atoms with Crippen LogP contribution in [0.2, 0.25) is 0 Å². The minimum Gasteiger partial charge on any atom is -0.480 e. The van der Waals surface area contributed by atoms with Gasteiger partial charge < -0.3 is 9.52 Å². The molecule has 6 nitrogen and oxygen atoms in total. The molecule has 8 heteroatoms. The SMILES string of the molecule is O=C(O)CNS(=O)(=O)c1cc2cc(F)ccc2o1. The molecule has 1 aromatic carbocycles. The molecule has 0 amide bonds. The van der Waals surface area contributed by atoms with E-state index < -0.39 is 33.4 Å². The normalized spacial score (nSPS) is 11.8. The summed E-state index contributed by atoms with van der Waals surface area (Å²) in [4.78, 5) is 10.3. The number of hydrogen-bond donors (Lipinski definition) is 2. The molecule has 0 fully saturated rings. The summed E-state index contributed by atoms with van der Waals surface area (Å²) in [6.07, 6.45) is 0. The third-order valence-electron chi connectivity index (χ3n) is 2.13.